The van der Waals surface area contributed by atoms with Gasteiger partial charge in [0.15, 0.2) is 17.3 Å². The van der Waals surface area contributed by atoms with Crippen LogP contribution in [-0.2, 0) is 9.59 Å². The topological polar surface area (TPSA) is 77.5 Å². The third-order valence-electron chi connectivity index (χ3n) is 6.38. The van der Waals surface area contributed by atoms with Crippen LogP contribution in [0.5, 0.6) is 11.5 Å². The summed E-state index contributed by atoms with van der Waals surface area (Å²) in [4.78, 5) is 29.6. The van der Waals surface area contributed by atoms with Gasteiger partial charge in [0.2, 0.25) is 0 Å². The van der Waals surface area contributed by atoms with Crippen molar-refractivity contribution in [2.75, 3.05) is 12.4 Å². The van der Waals surface area contributed by atoms with E-state index in [9.17, 15) is 9.59 Å². The number of nitrogens with zero attached hydrogens (tertiary/aromatic N) is 1. The fourth-order valence-corrected chi connectivity index (χ4v) is 5.12. The Balaban J connectivity index is 1.77. The highest BCUT2D eigenvalue weighted by Crippen LogP contribution is 2.51. The minimum atomic E-state index is -0.417. The maximum absolute atomic E-state index is 13.5. The molecule has 2 aliphatic rings. The first kappa shape index (κ1) is 21.2. The van der Waals surface area contributed by atoms with E-state index in [1.165, 1.54) is 6.92 Å². The number of hydrogen-bond acceptors (Lipinski definition) is 6. The standard InChI is InChI=1S/C27H26N2O4/c1-15(30)33-22-10-7-16(12-23(22)32-4)24-25-17-6-5-11-28-18(17)8-9-19(25)29-20-13-27(2,3)14-21(31)26(20)24/h5-12,24,29H,13-14H2,1-4H3/t24-/m1/s1. The predicted octanol–water partition coefficient (Wildman–Crippen LogP) is 5.37. The Kier molecular flexibility index (Phi) is 4.96. The Morgan fingerprint density at radius 2 is 1.94 bits per heavy atom. The van der Waals surface area contributed by atoms with Gasteiger partial charge in [-0.1, -0.05) is 26.0 Å². The minimum absolute atomic E-state index is 0.111. The maximum Gasteiger partial charge on any atom is 0.308 e. The van der Waals surface area contributed by atoms with E-state index in [0.29, 0.717) is 17.9 Å². The van der Waals surface area contributed by atoms with Gasteiger partial charge in [-0.2, -0.15) is 0 Å². The molecule has 6 nitrogen and oxygen atoms in total. The molecule has 1 N–H and O–H groups in total. The molecule has 6 heteroatoms. The van der Waals surface area contributed by atoms with E-state index in [0.717, 1.165) is 45.4 Å². The van der Waals surface area contributed by atoms with E-state index < -0.39 is 5.97 Å². The average Bonchev–Trinajstić information content (AvgIpc) is 2.76. The fraction of sp³-hybridized carbons (Fsp3) is 0.296. The number of esters is 1. The van der Waals surface area contributed by atoms with Gasteiger partial charge in [0.25, 0.3) is 0 Å². The molecule has 0 bridgehead atoms. The lowest BCUT2D eigenvalue weighted by Gasteiger charge is -2.40. The average molecular weight is 443 g/mol. The first-order chi connectivity index (χ1) is 15.8. The Labute approximate surface area is 192 Å². The van der Waals surface area contributed by atoms with Gasteiger partial charge in [0.1, 0.15) is 0 Å². The Morgan fingerprint density at radius 3 is 2.70 bits per heavy atom. The molecular formula is C27H26N2O4. The van der Waals surface area contributed by atoms with E-state index in [2.05, 4.69) is 24.1 Å². The third-order valence-corrected chi connectivity index (χ3v) is 6.38. The van der Waals surface area contributed by atoms with Crippen molar-refractivity contribution in [3.05, 3.63) is 71.1 Å². The molecule has 0 amide bonds. The van der Waals surface area contributed by atoms with Gasteiger partial charge < -0.3 is 14.8 Å². The summed E-state index contributed by atoms with van der Waals surface area (Å²) in [6.45, 7) is 5.61. The summed E-state index contributed by atoms with van der Waals surface area (Å²) in [5.74, 6) is 0.251. The summed E-state index contributed by atoms with van der Waals surface area (Å²) in [5.41, 5.74) is 5.44. The largest absolute Gasteiger partial charge is 0.493 e. The minimum Gasteiger partial charge on any atom is -0.493 e. The number of rotatable bonds is 3. The quantitative estimate of drug-likeness (QED) is 0.434. The molecule has 1 atom stereocenters. The zero-order valence-electron chi connectivity index (χ0n) is 19.2. The highest BCUT2D eigenvalue weighted by Gasteiger charge is 2.41. The number of allylic oxidation sites excluding steroid dienone is 2. The molecule has 33 heavy (non-hydrogen) atoms. The first-order valence-corrected chi connectivity index (χ1v) is 11.0. The summed E-state index contributed by atoms with van der Waals surface area (Å²) < 4.78 is 10.9. The van der Waals surface area contributed by atoms with Gasteiger partial charge in [-0.05, 0) is 53.3 Å². The van der Waals surface area contributed by atoms with Gasteiger partial charge in [-0.3, -0.25) is 14.6 Å². The monoisotopic (exact) mass is 442 g/mol. The van der Waals surface area contributed by atoms with Crippen molar-refractivity contribution < 1.29 is 19.1 Å². The molecule has 0 spiro atoms. The molecule has 0 saturated heterocycles. The van der Waals surface area contributed by atoms with Gasteiger partial charge in [0, 0.05) is 47.8 Å². The summed E-state index contributed by atoms with van der Waals surface area (Å²) in [5, 5.41) is 4.57. The van der Waals surface area contributed by atoms with Crippen molar-refractivity contribution in [2.45, 2.75) is 39.5 Å². The van der Waals surface area contributed by atoms with E-state index in [4.69, 9.17) is 9.47 Å². The van der Waals surface area contributed by atoms with Gasteiger partial charge in [-0.25, -0.2) is 0 Å². The van der Waals surface area contributed by atoms with Crippen molar-refractivity contribution >= 4 is 28.3 Å². The molecule has 0 saturated carbocycles. The summed E-state index contributed by atoms with van der Waals surface area (Å²) in [6.07, 6.45) is 3.05. The molecule has 5 rings (SSSR count). The molecule has 1 aliphatic heterocycles. The lowest BCUT2D eigenvalue weighted by Crippen LogP contribution is -2.34. The number of benzene rings is 2. The summed E-state index contributed by atoms with van der Waals surface area (Å²) in [7, 11) is 1.54. The number of aromatic nitrogens is 1. The molecule has 0 fully saturated rings. The SMILES string of the molecule is COc1cc([C@H]2C3=C(CC(C)(C)CC3=O)Nc3ccc4ncccc4c32)ccc1OC(C)=O. The Bertz CT molecular complexity index is 1340. The smallest absolute Gasteiger partial charge is 0.308 e. The van der Waals surface area contributed by atoms with Crippen LogP contribution in [0.3, 0.4) is 0 Å². The number of fused-ring (bicyclic) bond motifs is 3. The van der Waals surface area contributed by atoms with E-state index in [1.807, 2.05) is 36.4 Å². The van der Waals surface area contributed by atoms with Gasteiger partial charge in [-0.15, -0.1) is 0 Å². The van der Waals surface area contributed by atoms with Crippen LogP contribution in [0.25, 0.3) is 10.9 Å². The highest BCUT2D eigenvalue weighted by molar-refractivity contribution is 6.04. The maximum atomic E-state index is 13.5. The number of carbonyl (C=O) groups is 2. The number of carbonyl (C=O) groups excluding carboxylic acids is 2. The molecule has 168 valence electrons. The second-order valence-electron chi connectivity index (χ2n) is 9.49. The van der Waals surface area contributed by atoms with E-state index >= 15 is 0 Å². The number of ketones is 1. The van der Waals surface area contributed by atoms with Crippen molar-refractivity contribution in [1.82, 2.24) is 4.98 Å². The lowest BCUT2D eigenvalue weighted by molar-refractivity contribution is -0.132. The van der Waals surface area contributed by atoms with Crippen LogP contribution in [0.4, 0.5) is 5.69 Å². The van der Waals surface area contributed by atoms with Gasteiger partial charge in [0.05, 0.1) is 12.6 Å². The molecule has 3 aromatic rings. The number of ether oxygens (including phenoxy) is 2. The predicted molar refractivity (Wildman–Crippen MR) is 127 cm³/mol. The fourth-order valence-electron chi connectivity index (χ4n) is 5.12. The normalized spacial score (nSPS) is 18.9. The zero-order chi connectivity index (χ0) is 23.3. The Hall–Kier alpha value is -3.67. The van der Waals surface area contributed by atoms with Crippen molar-refractivity contribution in [2.24, 2.45) is 5.41 Å². The first-order valence-electron chi connectivity index (χ1n) is 11.0. The number of anilines is 1. The lowest BCUT2D eigenvalue weighted by atomic mass is 9.68. The number of nitrogens with one attached hydrogen (secondary N) is 1. The number of methoxy groups -OCH3 is 1. The van der Waals surface area contributed by atoms with Crippen LogP contribution < -0.4 is 14.8 Å². The molecule has 0 unspecified atom stereocenters. The Morgan fingerprint density at radius 1 is 1.12 bits per heavy atom. The second-order valence-corrected chi connectivity index (χ2v) is 9.49. The van der Waals surface area contributed by atoms with Crippen LogP contribution >= 0.6 is 0 Å². The molecule has 1 aliphatic carbocycles. The molecule has 2 heterocycles. The van der Waals surface area contributed by atoms with Crippen LogP contribution in [-0.4, -0.2) is 23.8 Å². The van der Waals surface area contributed by atoms with Crippen LogP contribution in [0, 0.1) is 5.41 Å². The van der Waals surface area contributed by atoms with E-state index in [-0.39, 0.29) is 17.1 Å². The van der Waals surface area contributed by atoms with Crippen LogP contribution in [0.1, 0.15) is 50.7 Å². The molecule has 2 aromatic carbocycles. The molecule has 0 radical (unpaired) electrons. The third kappa shape index (κ3) is 3.65. The molecule has 1 aromatic heterocycles. The van der Waals surface area contributed by atoms with Gasteiger partial charge >= 0.3 is 5.97 Å². The highest BCUT2D eigenvalue weighted by atomic mass is 16.6. The number of pyridine rings is 1. The van der Waals surface area contributed by atoms with Crippen molar-refractivity contribution in [3.8, 4) is 11.5 Å². The van der Waals surface area contributed by atoms with E-state index in [1.54, 1.807) is 19.4 Å². The van der Waals surface area contributed by atoms with Crippen molar-refractivity contribution in [1.29, 1.82) is 0 Å². The number of hydrogen-bond donors (Lipinski definition) is 1. The van der Waals surface area contributed by atoms with Crippen LogP contribution in [0.2, 0.25) is 0 Å². The second kappa shape index (κ2) is 7.73. The zero-order valence-corrected chi connectivity index (χ0v) is 19.2. The summed E-state index contributed by atoms with van der Waals surface area (Å²) in [6, 6.07) is 13.5. The van der Waals surface area contributed by atoms with Crippen molar-refractivity contribution in [3.63, 3.8) is 0 Å². The van der Waals surface area contributed by atoms with Crippen LogP contribution in [0.15, 0.2) is 59.9 Å². The summed E-state index contributed by atoms with van der Waals surface area (Å²) >= 11 is 0. The molecular weight excluding hydrogens is 416 g/mol. The number of Topliss-reactive ketones (excluding diaryl/α,β-unsaturated/α-hetero) is 1.